The normalized spacial score (nSPS) is 21.8. The van der Waals surface area contributed by atoms with Gasteiger partial charge in [-0.3, -0.25) is 0 Å². The van der Waals surface area contributed by atoms with Crippen LogP contribution < -0.4 is 12.4 Å². The topological polar surface area (TPSA) is 29.5 Å². The van der Waals surface area contributed by atoms with Crippen LogP contribution in [0.2, 0.25) is 0 Å². The second-order valence-corrected chi connectivity index (χ2v) is 13.2. The van der Waals surface area contributed by atoms with Crippen molar-refractivity contribution >= 4 is 112 Å². The molecule has 1 fully saturated rings. The summed E-state index contributed by atoms with van der Waals surface area (Å²) in [5, 5.41) is 8.43. The van der Waals surface area contributed by atoms with Crippen molar-refractivity contribution in [1.82, 2.24) is 0 Å². The van der Waals surface area contributed by atoms with E-state index in [2.05, 4.69) is 27.7 Å². The summed E-state index contributed by atoms with van der Waals surface area (Å²) in [5.74, 6) is -0.682. The molecule has 0 saturated carbocycles. The minimum absolute atomic E-state index is 0. The van der Waals surface area contributed by atoms with Crippen LogP contribution in [0, 0.1) is 6.92 Å². The summed E-state index contributed by atoms with van der Waals surface area (Å²) in [6.45, 7) is 1.55. The standard InChI is InChI=1S/C12H27P.C4H9Cl.C4H8O.C4H10O.C4H9.CCl4.ClH.2Mg.2H/c1-4-7-10-13(11-8-5-2)12-9-6-3;1-2-3-4-5;1-2-4-5-3-1;1-2-3-4-5;1-3-4-2;2-1(3,4)5;;;;;/h4-12H2,1-3H3;2-4H2,1H3;1-4H2;5H,2-4H2,1H3;1,3-4H2,2H3;;1H;;;;/q;;;;-1;;;2*+2;2*-1/p-1/i;1D3,2D2,3D2;;1D3,2D2,3D2;2D3,3D2,4D2;;;;;;. The van der Waals surface area contributed by atoms with Gasteiger partial charge in [0.2, 0.25) is 0 Å². The number of unbranched alkanes of at least 4 members (excludes halogenated alkanes) is 3. The second kappa shape index (κ2) is 61.6. The summed E-state index contributed by atoms with van der Waals surface area (Å²) >= 11 is 24.4. The first-order chi connectivity index (χ1) is 25.5. The quantitative estimate of drug-likeness (QED) is 0.0830. The maximum atomic E-state index is 8.43. The number of rotatable bonds is 14. The number of aliphatic hydroxyl groups excluding tert-OH is 1. The van der Waals surface area contributed by atoms with Gasteiger partial charge in [0.15, 0.2) is 0 Å². The molecule has 1 N–H and O–H groups in total. The van der Waals surface area contributed by atoms with Crippen molar-refractivity contribution in [2.75, 3.05) is 44.2 Å². The average molecular weight is 759 g/mol. The van der Waals surface area contributed by atoms with Crippen molar-refractivity contribution in [1.29, 1.82) is 0 Å². The van der Waals surface area contributed by atoms with Gasteiger partial charge in [0.1, 0.15) is 0 Å². The predicted molar refractivity (Wildman–Crippen MR) is 194 cm³/mol. The Balaban J connectivity index is -0.0000000675. The van der Waals surface area contributed by atoms with Crippen LogP contribution in [0.25, 0.3) is 0 Å². The Bertz CT molecular complexity index is 950. The molecule has 0 spiro atoms. The number of alkyl halides is 5. The van der Waals surface area contributed by atoms with Gasteiger partial charge in [0.05, 0.1) is 0 Å². The SMILES string of the molecule is C1CCOC1.CCCCP(CCCC)CCCC.ClC(Cl)(Cl)Cl.[2H]C([2H])([2H])C([2H])([2H])C([2H])([2H])CCl.[2H]C([2H])([2H])C([2H])([2H])C([2H])([2H])CO.[2H]C([2H])([2H])C([2H])([2H])C([2H])([2H])[CH2-].[Cl-].[H-].[H-].[Mg+2].[Mg+2]. The Morgan fingerprint density at radius 3 is 1.38 bits per heavy atom. The van der Waals surface area contributed by atoms with Crippen LogP contribution in [0.5, 0.6) is 0 Å². The number of aliphatic hydroxyl groups is 1. The number of ether oxygens (including phenoxy) is 1. The molecule has 244 valence electrons. The van der Waals surface area contributed by atoms with E-state index in [1.54, 1.807) is 18.5 Å². The van der Waals surface area contributed by atoms with Crippen molar-refractivity contribution < 1.29 is 53.9 Å². The minimum atomic E-state index is -3.07. The van der Waals surface area contributed by atoms with Gasteiger partial charge in [-0.15, -0.1) is 19.5 Å². The zero-order valence-electron chi connectivity index (χ0n) is 47.3. The molecule has 0 amide bonds. The molecule has 1 aliphatic heterocycles. The van der Waals surface area contributed by atoms with E-state index in [4.69, 9.17) is 96.6 Å². The molecule has 0 aromatic rings. The maximum Gasteiger partial charge on any atom is 2.00 e. The van der Waals surface area contributed by atoms with E-state index < -0.39 is 74.5 Å². The molecule has 40 heavy (non-hydrogen) atoms. The third-order valence-corrected chi connectivity index (χ3v) is 6.70. The third kappa shape index (κ3) is 105. The first kappa shape index (κ1) is 24.7. The zero-order chi connectivity index (χ0) is 47.9. The summed E-state index contributed by atoms with van der Waals surface area (Å²) < 4.78 is 147. The smallest absolute Gasteiger partial charge is 1.00 e. The molecule has 1 aliphatic rings. The van der Waals surface area contributed by atoms with Gasteiger partial charge in [-0.05, 0) is 66.1 Å². The molecule has 0 unspecified atom stereocenters. The van der Waals surface area contributed by atoms with Gasteiger partial charge < -0.3 is 32.0 Å². The maximum absolute atomic E-state index is 8.43. The van der Waals surface area contributed by atoms with E-state index in [1.807, 2.05) is 0 Å². The fraction of sp³-hybridized carbons (Fsp3) is 0.966. The van der Waals surface area contributed by atoms with E-state index in [1.165, 1.54) is 51.4 Å². The Hall–Kier alpha value is 3.62. The molecule has 0 aromatic carbocycles. The van der Waals surface area contributed by atoms with Gasteiger partial charge in [0, 0.05) is 51.7 Å². The van der Waals surface area contributed by atoms with E-state index >= 15 is 0 Å². The van der Waals surface area contributed by atoms with Gasteiger partial charge >= 0.3 is 46.1 Å². The molecule has 0 aromatic heterocycles. The van der Waals surface area contributed by atoms with Crippen LogP contribution >= 0.6 is 65.9 Å². The fourth-order valence-electron chi connectivity index (χ4n) is 2.06. The zero-order valence-corrected chi connectivity index (χ0v) is 32.6. The van der Waals surface area contributed by atoms with Crippen molar-refractivity contribution in [2.24, 2.45) is 0 Å². The van der Waals surface area contributed by atoms with Crippen LogP contribution in [-0.2, 0) is 4.74 Å². The molecule has 11 heteroatoms. The largest absolute Gasteiger partial charge is 2.00 e. The summed E-state index contributed by atoms with van der Waals surface area (Å²) in [7, 11) is 0.422. The molecule has 0 bridgehead atoms. The first-order valence-corrected chi connectivity index (χ1v) is 16.0. The summed E-state index contributed by atoms with van der Waals surface area (Å²) in [4.78, 5) is 0. The second-order valence-electron chi connectivity index (χ2n) is 6.85. The van der Waals surface area contributed by atoms with Gasteiger partial charge in [0.25, 0.3) is 3.25 Å². The molecule has 1 rings (SSSR count). The summed E-state index contributed by atoms with van der Waals surface area (Å²) in [5.41, 5.74) is 0. The molecule has 0 radical (unpaired) electrons. The molecule has 1 saturated heterocycles. The molecule has 0 atom stereocenters. The van der Waals surface area contributed by atoms with Crippen LogP contribution in [0.15, 0.2) is 0 Å². The Kier molecular flexibility index (Phi) is 38.1. The van der Waals surface area contributed by atoms with Gasteiger partial charge in [-0.2, -0.15) is 6.37 Å². The van der Waals surface area contributed by atoms with E-state index in [0.717, 1.165) is 13.2 Å². The number of hydrogen-bond donors (Lipinski definition) is 1. The first-order valence-electron chi connectivity index (χ1n) is 22.5. The van der Waals surface area contributed by atoms with E-state index in [-0.39, 0.29) is 61.4 Å². The summed E-state index contributed by atoms with van der Waals surface area (Å²) in [6, 6.07) is 0. The minimum Gasteiger partial charge on any atom is -1.00 e. The molecule has 0 aliphatic carbocycles. The van der Waals surface area contributed by atoms with Crippen LogP contribution in [0.4, 0.5) is 0 Å². The van der Waals surface area contributed by atoms with Crippen molar-refractivity contribution in [3.05, 3.63) is 6.92 Å². The number of hydrogen-bond acceptors (Lipinski definition) is 2. The van der Waals surface area contributed by atoms with Gasteiger partial charge in [-0.1, -0.05) is 126 Å². The Labute approximate surface area is 349 Å². The van der Waals surface area contributed by atoms with Crippen LogP contribution in [0.3, 0.4) is 0 Å². The van der Waals surface area contributed by atoms with Gasteiger partial charge in [-0.25, -0.2) is 0 Å². The Morgan fingerprint density at radius 1 is 0.850 bits per heavy atom. The monoisotopic (exact) mass is 755 g/mol. The van der Waals surface area contributed by atoms with E-state index in [0.29, 0.717) is 7.92 Å². The average Bonchev–Trinajstić information content (AvgIpc) is 3.63. The molecule has 2 nitrogen and oxygen atoms in total. The molecule has 1 heterocycles. The Morgan fingerprint density at radius 2 is 1.23 bits per heavy atom. The van der Waals surface area contributed by atoms with E-state index in [9.17, 15) is 0 Å². The predicted octanol–water partition coefficient (Wildman–Crippen LogP) is 9.11. The van der Waals surface area contributed by atoms with Crippen LogP contribution in [-0.4, -0.2) is 98.7 Å². The van der Waals surface area contributed by atoms with Crippen molar-refractivity contribution in [3.63, 3.8) is 0 Å². The number of halogens is 6. The molecular weight excluding hydrogens is 673 g/mol. The van der Waals surface area contributed by atoms with Crippen molar-refractivity contribution in [3.8, 4) is 0 Å². The van der Waals surface area contributed by atoms with Crippen LogP contribution in [0.1, 0.15) is 163 Å². The molecular formula is C29H65Cl6Mg2O2P. The third-order valence-electron chi connectivity index (χ3n) is 3.72. The van der Waals surface area contributed by atoms with Crippen molar-refractivity contribution in [2.45, 2.75) is 134 Å². The summed E-state index contributed by atoms with van der Waals surface area (Å²) in [6.07, 6.45) is -0.973. The fourth-order valence-corrected chi connectivity index (χ4v) is 5.09.